The maximum Gasteiger partial charge on any atom is 0.245 e. The van der Waals surface area contributed by atoms with Crippen LogP contribution >= 0.6 is 0 Å². The van der Waals surface area contributed by atoms with Gasteiger partial charge in [-0.15, -0.1) is 0 Å². The molecule has 0 spiro atoms. The predicted molar refractivity (Wildman–Crippen MR) is 253 cm³/mol. The number of likely N-dealkylation sites (N-methyl/N-ethyl adjacent to an activating group) is 1. The van der Waals surface area contributed by atoms with Gasteiger partial charge in [0.1, 0.15) is 30.2 Å². The molecule has 0 saturated heterocycles. The maximum atomic E-state index is 13.9. The molecule has 0 unspecified atom stereocenters. The molecule has 374 valence electrons. The lowest BCUT2D eigenvalue weighted by Gasteiger charge is -2.29. The minimum Gasteiger partial charge on any atom is -0.370 e. The Morgan fingerprint density at radius 3 is 1.94 bits per heavy atom. The van der Waals surface area contributed by atoms with Crippen LogP contribution in [0.4, 0.5) is 0 Å². The summed E-state index contributed by atoms with van der Waals surface area (Å²) in [4.78, 5) is 129. The molecule has 68 heavy (non-hydrogen) atoms. The highest BCUT2D eigenvalue weighted by Crippen LogP contribution is 2.20. The third kappa shape index (κ3) is 17.8. The van der Waals surface area contributed by atoms with Gasteiger partial charge in [-0.25, -0.2) is 4.98 Å². The van der Waals surface area contributed by atoms with Crippen molar-refractivity contribution in [1.82, 2.24) is 51.8 Å². The number of para-hydroxylation sites is 1. The minimum atomic E-state index is -1.21. The van der Waals surface area contributed by atoms with Gasteiger partial charge in [-0.05, 0) is 55.6 Å². The summed E-state index contributed by atoms with van der Waals surface area (Å²) in [5.74, 6) is -6.18. The second-order valence-corrected chi connectivity index (χ2v) is 18.3. The zero-order chi connectivity index (χ0) is 50.8. The number of amides is 9. The molecule has 0 saturated carbocycles. The summed E-state index contributed by atoms with van der Waals surface area (Å²) in [6.45, 7) is 11.8. The Labute approximate surface area is 396 Å². The zero-order valence-corrected chi connectivity index (χ0v) is 40.3. The number of nitrogens with zero attached hydrogens (tertiary/aromatic N) is 2. The van der Waals surface area contributed by atoms with E-state index >= 15 is 0 Å². The van der Waals surface area contributed by atoms with Crippen molar-refractivity contribution in [2.24, 2.45) is 35.0 Å². The first-order valence-electron chi connectivity index (χ1n) is 22.9. The quantitative estimate of drug-likeness (QED) is 0.0432. The first-order valence-corrected chi connectivity index (χ1v) is 22.9. The van der Waals surface area contributed by atoms with Gasteiger partial charge >= 0.3 is 0 Å². The second kappa shape index (κ2) is 26.5. The molecule has 1 aromatic carbocycles. The van der Waals surface area contributed by atoms with Gasteiger partial charge in [-0.3, -0.25) is 43.2 Å². The van der Waals surface area contributed by atoms with Crippen LogP contribution in [0.2, 0.25) is 0 Å². The van der Waals surface area contributed by atoms with Crippen molar-refractivity contribution < 1.29 is 43.2 Å². The first-order chi connectivity index (χ1) is 32.0. The third-order valence-electron chi connectivity index (χ3n) is 11.3. The number of rotatable bonds is 28. The van der Waals surface area contributed by atoms with E-state index in [4.69, 9.17) is 17.2 Å². The Kier molecular flexibility index (Phi) is 21.6. The fourth-order valence-electron chi connectivity index (χ4n) is 7.33. The van der Waals surface area contributed by atoms with Crippen LogP contribution in [-0.4, -0.2) is 129 Å². The lowest BCUT2D eigenvalue weighted by atomic mass is 9.97. The smallest absolute Gasteiger partial charge is 0.245 e. The molecule has 2 aromatic heterocycles. The Bertz CT molecular complexity index is 2210. The summed E-state index contributed by atoms with van der Waals surface area (Å²) in [7, 11) is 1.37. The number of carbonyl (C=O) groups excluding carboxylic acids is 9. The molecule has 3 aromatic rings. The Balaban J connectivity index is 1.68. The molecule has 0 bridgehead atoms. The van der Waals surface area contributed by atoms with E-state index in [2.05, 4.69) is 46.9 Å². The standard InChI is InChI=1S/C46H71N13O9/c1-24(2)17-34(41(49)63)54-38(61)16-14-32(25(3)4)56-45(67)36(19-29-21-50-23-52-29)55-39(62)22-59(8)46(68)40(26(5)6)58-42(64)27(7)53-44(66)35(57-43(65)31(47)13-15-37(48)60)18-28-20-51-33-12-10-9-11-30(28)33/h9-12,20-21,23-27,31-32,34-36,40,51H,13-19,22,47H2,1-8H3,(H2,48,60)(H2,49,63)(H,50,52)(H,53,66)(H,54,61)(H,55,62)(H,56,67)(H,57,65)(H,58,64)/t27-,31-,32+,34-,35-,36-,40-/m0/s1. The predicted octanol–water partition coefficient (Wildman–Crippen LogP) is -0.720. The van der Waals surface area contributed by atoms with Crippen molar-refractivity contribution in [3.63, 3.8) is 0 Å². The average Bonchev–Trinajstić information content (AvgIpc) is 3.94. The van der Waals surface area contributed by atoms with Gasteiger partial charge in [0.15, 0.2) is 0 Å². The lowest BCUT2D eigenvalue weighted by molar-refractivity contribution is -0.140. The van der Waals surface area contributed by atoms with Gasteiger partial charge in [0.25, 0.3) is 0 Å². The molecule has 0 fully saturated rings. The molecule has 0 aliphatic rings. The van der Waals surface area contributed by atoms with Crippen molar-refractivity contribution in [3.05, 3.63) is 54.2 Å². The Morgan fingerprint density at radius 2 is 1.34 bits per heavy atom. The van der Waals surface area contributed by atoms with Crippen LogP contribution in [0.3, 0.4) is 0 Å². The van der Waals surface area contributed by atoms with Crippen LogP contribution in [0.1, 0.15) is 91.8 Å². The maximum absolute atomic E-state index is 13.9. The van der Waals surface area contributed by atoms with Gasteiger partial charge in [0.2, 0.25) is 53.2 Å². The number of carbonyl (C=O) groups is 9. The Hall–Kier alpha value is -6.84. The molecule has 9 amide bonds. The fraction of sp³-hybridized carbons (Fsp3) is 0.565. The number of hydrogen-bond acceptors (Lipinski definition) is 11. The van der Waals surface area contributed by atoms with Crippen LogP contribution in [0.15, 0.2) is 43.0 Å². The Morgan fingerprint density at radius 1 is 0.691 bits per heavy atom. The van der Waals surface area contributed by atoms with Crippen LogP contribution < -0.4 is 49.1 Å². The van der Waals surface area contributed by atoms with Gasteiger partial charge in [0, 0.05) is 67.8 Å². The third-order valence-corrected chi connectivity index (χ3v) is 11.3. The van der Waals surface area contributed by atoms with E-state index in [-0.39, 0.29) is 50.4 Å². The van der Waals surface area contributed by atoms with E-state index in [1.54, 1.807) is 20.0 Å². The van der Waals surface area contributed by atoms with Gasteiger partial charge in [0.05, 0.1) is 18.9 Å². The minimum absolute atomic E-state index is 0.00525. The summed E-state index contributed by atoms with van der Waals surface area (Å²) >= 11 is 0. The number of primary amides is 2. The molecule has 22 nitrogen and oxygen atoms in total. The van der Waals surface area contributed by atoms with E-state index in [1.165, 1.54) is 26.5 Å². The highest BCUT2D eigenvalue weighted by molar-refractivity contribution is 5.96. The number of H-pyrrole nitrogens is 2. The summed E-state index contributed by atoms with van der Waals surface area (Å²) in [6.07, 6.45) is 5.07. The molecule has 2 heterocycles. The number of imidazole rings is 1. The van der Waals surface area contributed by atoms with Crippen LogP contribution in [0.25, 0.3) is 10.9 Å². The van der Waals surface area contributed by atoms with Crippen molar-refractivity contribution in [3.8, 4) is 0 Å². The first kappa shape index (κ1) is 55.5. The normalized spacial score (nSPS) is 14.5. The molecular weight excluding hydrogens is 879 g/mol. The number of hydrogen-bond donors (Lipinski definition) is 11. The van der Waals surface area contributed by atoms with E-state index < -0.39 is 108 Å². The van der Waals surface area contributed by atoms with E-state index in [1.807, 2.05) is 52.0 Å². The van der Waals surface area contributed by atoms with E-state index in [9.17, 15) is 43.2 Å². The van der Waals surface area contributed by atoms with Crippen molar-refractivity contribution in [1.29, 1.82) is 0 Å². The molecule has 0 aliphatic heterocycles. The molecule has 14 N–H and O–H groups in total. The highest BCUT2D eigenvalue weighted by Gasteiger charge is 2.33. The van der Waals surface area contributed by atoms with Crippen LogP contribution in [-0.2, 0) is 56.0 Å². The molecule has 22 heteroatoms. The summed E-state index contributed by atoms with van der Waals surface area (Å²) in [5, 5.41) is 17.1. The molecule has 0 radical (unpaired) electrons. The highest BCUT2D eigenvalue weighted by atomic mass is 16.2. The largest absolute Gasteiger partial charge is 0.370 e. The van der Waals surface area contributed by atoms with Gasteiger partial charge in [-0.1, -0.05) is 59.7 Å². The lowest BCUT2D eigenvalue weighted by Crippen LogP contribution is -2.59. The van der Waals surface area contributed by atoms with E-state index in [0.29, 0.717) is 17.7 Å². The van der Waals surface area contributed by atoms with Gasteiger partial charge < -0.3 is 64.0 Å². The van der Waals surface area contributed by atoms with Crippen LogP contribution in [0, 0.1) is 17.8 Å². The molecular formula is C46H71N13O9. The number of benzene rings is 1. The monoisotopic (exact) mass is 950 g/mol. The van der Waals surface area contributed by atoms with E-state index in [0.717, 1.165) is 15.8 Å². The number of aromatic nitrogens is 3. The van der Waals surface area contributed by atoms with Gasteiger partial charge in [-0.2, -0.15) is 0 Å². The molecule has 0 aliphatic carbocycles. The average molecular weight is 950 g/mol. The second-order valence-electron chi connectivity index (χ2n) is 18.3. The van der Waals surface area contributed by atoms with Crippen molar-refractivity contribution in [2.75, 3.05) is 13.6 Å². The number of aromatic amines is 2. The van der Waals surface area contributed by atoms with Crippen molar-refractivity contribution >= 4 is 64.1 Å². The number of nitrogens with one attached hydrogen (secondary N) is 8. The summed E-state index contributed by atoms with van der Waals surface area (Å²) in [6, 6.07) is 0.194. The fourth-order valence-corrected chi connectivity index (χ4v) is 7.33. The van der Waals surface area contributed by atoms with Crippen LogP contribution in [0.5, 0.6) is 0 Å². The molecule has 7 atom stereocenters. The summed E-state index contributed by atoms with van der Waals surface area (Å²) in [5.41, 5.74) is 18.8. The van der Waals surface area contributed by atoms with Crippen molar-refractivity contribution in [2.45, 2.75) is 136 Å². The summed E-state index contributed by atoms with van der Waals surface area (Å²) < 4.78 is 0. The number of fused-ring (bicyclic) bond motifs is 1. The molecule has 3 rings (SSSR count). The zero-order valence-electron chi connectivity index (χ0n) is 40.3. The SMILES string of the molecule is CC(C)C[C@H](NC(=O)CC[C@@H](NC(=O)[C@H](Cc1cnc[nH]1)NC(=O)CN(C)C(=O)[C@@H](NC(=O)[C@H](C)NC(=O)[C@H](Cc1c[nH]c2ccccc12)NC(=O)[C@@H](N)CCC(N)=O)C(C)C)C(C)C)C(N)=O. The topological polar surface area (TPSA) is 352 Å². The number of nitrogens with two attached hydrogens (primary N) is 3.